The van der Waals surface area contributed by atoms with Crippen LogP contribution in [0, 0.1) is 6.92 Å². The number of sulfonamides is 1. The number of piperazine rings is 1. The molecule has 140 valence electrons. The maximum Gasteiger partial charge on any atom is 0.243 e. The van der Waals surface area contributed by atoms with E-state index in [1.54, 1.807) is 16.4 Å². The zero-order chi connectivity index (χ0) is 18.6. The Labute approximate surface area is 157 Å². The molecule has 1 aliphatic rings. The van der Waals surface area contributed by atoms with E-state index in [2.05, 4.69) is 31.2 Å². The molecule has 4 nitrogen and oxygen atoms in total. The normalized spacial score (nSPS) is 17.9. The Kier molecular flexibility index (Phi) is 6.12. The zero-order valence-electron chi connectivity index (χ0n) is 15.7. The molecule has 1 N–H and O–H groups in total. The Morgan fingerprint density at radius 1 is 1.00 bits per heavy atom. The van der Waals surface area contributed by atoms with Crippen LogP contribution in [0.4, 0.5) is 0 Å². The van der Waals surface area contributed by atoms with Gasteiger partial charge in [0, 0.05) is 6.42 Å². The quantitative estimate of drug-likeness (QED) is 0.840. The van der Waals surface area contributed by atoms with Crippen LogP contribution in [0.25, 0.3) is 0 Å². The van der Waals surface area contributed by atoms with Gasteiger partial charge in [0.2, 0.25) is 10.0 Å². The molecule has 2 aromatic carbocycles. The van der Waals surface area contributed by atoms with Crippen LogP contribution in [0.2, 0.25) is 0 Å². The first-order valence-corrected chi connectivity index (χ1v) is 10.9. The van der Waals surface area contributed by atoms with Gasteiger partial charge >= 0.3 is 0 Å². The molecule has 1 saturated heterocycles. The third-order valence-corrected chi connectivity index (χ3v) is 7.34. The van der Waals surface area contributed by atoms with E-state index in [1.807, 2.05) is 25.1 Å². The number of quaternary nitrogens is 1. The highest BCUT2D eigenvalue weighted by atomic mass is 32.2. The molecule has 0 bridgehead atoms. The largest absolute Gasteiger partial charge is 0.331 e. The molecule has 0 saturated carbocycles. The average molecular weight is 374 g/mol. The van der Waals surface area contributed by atoms with Crippen molar-refractivity contribution in [1.82, 2.24) is 4.31 Å². The molecule has 0 aromatic heterocycles. The second-order valence-electron chi connectivity index (χ2n) is 7.30. The van der Waals surface area contributed by atoms with Gasteiger partial charge in [0.15, 0.2) is 0 Å². The van der Waals surface area contributed by atoms with Crippen molar-refractivity contribution in [3.8, 4) is 0 Å². The predicted molar refractivity (Wildman–Crippen MR) is 105 cm³/mol. The van der Waals surface area contributed by atoms with E-state index in [0.717, 1.165) is 31.5 Å². The summed E-state index contributed by atoms with van der Waals surface area (Å²) in [5.74, 6) is 0. The van der Waals surface area contributed by atoms with Crippen molar-refractivity contribution < 1.29 is 13.3 Å². The van der Waals surface area contributed by atoms with Gasteiger partial charge in [0.1, 0.15) is 0 Å². The van der Waals surface area contributed by atoms with Crippen molar-refractivity contribution in [3.63, 3.8) is 0 Å². The van der Waals surface area contributed by atoms with Gasteiger partial charge < -0.3 is 4.90 Å². The molecule has 0 spiro atoms. The summed E-state index contributed by atoms with van der Waals surface area (Å²) in [4.78, 5) is 1.92. The number of hydrogen-bond donors (Lipinski definition) is 1. The Balaban J connectivity index is 1.54. The maximum atomic E-state index is 12.8. The SMILES string of the molecule is Cc1ccc(S(=O)(=O)N2CC[NH+]([C@H](C)CCc3ccccc3)CC2)cc1. The molecule has 1 fully saturated rings. The Morgan fingerprint density at radius 3 is 2.23 bits per heavy atom. The molecular weight excluding hydrogens is 344 g/mol. The Morgan fingerprint density at radius 2 is 1.62 bits per heavy atom. The molecule has 2 aromatic rings. The van der Waals surface area contributed by atoms with Gasteiger partial charge in [-0.3, -0.25) is 0 Å². The van der Waals surface area contributed by atoms with E-state index in [0.29, 0.717) is 24.0 Å². The lowest BCUT2D eigenvalue weighted by atomic mass is 10.0. The van der Waals surface area contributed by atoms with E-state index in [-0.39, 0.29) is 0 Å². The summed E-state index contributed by atoms with van der Waals surface area (Å²) in [7, 11) is -3.36. The van der Waals surface area contributed by atoms with Crippen LogP contribution in [0.3, 0.4) is 0 Å². The lowest BCUT2D eigenvalue weighted by Gasteiger charge is -2.34. The molecule has 1 heterocycles. The summed E-state index contributed by atoms with van der Waals surface area (Å²) in [6.45, 7) is 7.20. The van der Waals surface area contributed by atoms with Crippen LogP contribution in [0.15, 0.2) is 59.5 Å². The molecule has 5 heteroatoms. The predicted octanol–water partition coefficient (Wildman–Crippen LogP) is 1.91. The lowest BCUT2D eigenvalue weighted by molar-refractivity contribution is -0.927. The van der Waals surface area contributed by atoms with Crippen molar-refractivity contribution in [1.29, 1.82) is 0 Å². The zero-order valence-corrected chi connectivity index (χ0v) is 16.5. The molecule has 26 heavy (non-hydrogen) atoms. The van der Waals surface area contributed by atoms with Gasteiger partial charge in [0.05, 0.1) is 37.1 Å². The van der Waals surface area contributed by atoms with Crippen LogP contribution in [0.1, 0.15) is 24.5 Å². The van der Waals surface area contributed by atoms with Crippen molar-refractivity contribution in [2.45, 2.75) is 37.6 Å². The number of aryl methyl sites for hydroxylation is 2. The maximum absolute atomic E-state index is 12.8. The standard InChI is InChI=1S/C21H28N2O2S/c1-18-8-12-21(13-9-18)26(24,25)23-16-14-22(15-17-23)19(2)10-11-20-6-4-3-5-7-20/h3-9,12-13,19H,10-11,14-17H2,1-2H3/p+1/t19-/m1/s1. The monoisotopic (exact) mass is 373 g/mol. The highest BCUT2D eigenvalue weighted by Gasteiger charge is 2.32. The number of benzene rings is 2. The summed E-state index contributed by atoms with van der Waals surface area (Å²) < 4.78 is 27.2. The molecule has 0 amide bonds. The highest BCUT2D eigenvalue weighted by molar-refractivity contribution is 7.89. The third-order valence-electron chi connectivity index (χ3n) is 5.43. The van der Waals surface area contributed by atoms with Crippen LogP contribution in [0.5, 0.6) is 0 Å². The smallest absolute Gasteiger partial charge is 0.243 e. The summed E-state index contributed by atoms with van der Waals surface area (Å²) in [6.07, 6.45) is 2.21. The summed E-state index contributed by atoms with van der Waals surface area (Å²) in [6, 6.07) is 18.3. The minimum atomic E-state index is -3.36. The first-order chi connectivity index (χ1) is 12.5. The second-order valence-corrected chi connectivity index (χ2v) is 9.24. The summed E-state index contributed by atoms with van der Waals surface area (Å²) in [5, 5.41) is 0. The first kappa shape index (κ1) is 19.1. The van der Waals surface area contributed by atoms with Crippen LogP contribution in [-0.2, 0) is 16.4 Å². The van der Waals surface area contributed by atoms with Crippen molar-refractivity contribution in [3.05, 3.63) is 65.7 Å². The van der Waals surface area contributed by atoms with Crippen LogP contribution >= 0.6 is 0 Å². The molecule has 1 atom stereocenters. The summed E-state index contributed by atoms with van der Waals surface area (Å²) >= 11 is 0. The highest BCUT2D eigenvalue weighted by Crippen LogP contribution is 2.16. The van der Waals surface area contributed by atoms with Crippen molar-refractivity contribution in [2.24, 2.45) is 0 Å². The third kappa shape index (κ3) is 4.53. The number of nitrogens with zero attached hydrogens (tertiary/aromatic N) is 1. The molecule has 1 aliphatic heterocycles. The minimum absolute atomic E-state index is 0.406. The fourth-order valence-electron chi connectivity index (χ4n) is 3.60. The van der Waals surface area contributed by atoms with E-state index in [4.69, 9.17) is 0 Å². The van der Waals surface area contributed by atoms with Gasteiger partial charge in [-0.1, -0.05) is 48.0 Å². The molecule has 0 unspecified atom stereocenters. The van der Waals surface area contributed by atoms with E-state index in [9.17, 15) is 8.42 Å². The second kappa shape index (κ2) is 8.33. The van der Waals surface area contributed by atoms with Crippen LogP contribution in [-0.4, -0.2) is 44.9 Å². The van der Waals surface area contributed by atoms with E-state index in [1.165, 1.54) is 10.5 Å². The minimum Gasteiger partial charge on any atom is -0.331 e. The summed E-state index contributed by atoms with van der Waals surface area (Å²) in [5.41, 5.74) is 2.45. The topological polar surface area (TPSA) is 41.8 Å². The molecule has 0 radical (unpaired) electrons. The fourth-order valence-corrected chi connectivity index (χ4v) is 5.04. The van der Waals surface area contributed by atoms with Crippen molar-refractivity contribution >= 4 is 10.0 Å². The number of nitrogens with one attached hydrogen (secondary N) is 1. The van der Waals surface area contributed by atoms with Gasteiger partial charge in [-0.15, -0.1) is 0 Å². The van der Waals surface area contributed by atoms with Crippen molar-refractivity contribution in [2.75, 3.05) is 26.2 Å². The first-order valence-electron chi connectivity index (χ1n) is 9.42. The number of rotatable bonds is 6. The lowest BCUT2D eigenvalue weighted by Crippen LogP contribution is -3.18. The fraction of sp³-hybridized carbons (Fsp3) is 0.429. The molecule has 3 rings (SSSR count). The van der Waals surface area contributed by atoms with Gasteiger partial charge in [-0.2, -0.15) is 4.31 Å². The number of hydrogen-bond acceptors (Lipinski definition) is 2. The molecule has 0 aliphatic carbocycles. The van der Waals surface area contributed by atoms with Gasteiger partial charge in [0.25, 0.3) is 0 Å². The van der Waals surface area contributed by atoms with E-state index < -0.39 is 10.0 Å². The Bertz CT molecular complexity index is 796. The van der Waals surface area contributed by atoms with Crippen LogP contribution < -0.4 is 4.90 Å². The van der Waals surface area contributed by atoms with Gasteiger partial charge in [-0.05, 0) is 38.0 Å². The van der Waals surface area contributed by atoms with E-state index >= 15 is 0 Å². The Hall–Kier alpha value is -1.69. The van der Waals surface area contributed by atoms with Gasteiger partial charge in [-0.25, -0.2) is 8.42 Å². The average Bonchev–Trinajstić information content (AvgIpc) is 2.67. The molecular formula is C21H29N2O2S+.